The topological polar surface area (TPSA) is 38.8 Å². The van der Waals surface area contributed by atoms with E-state index in [1.807, 2.05) is 29.2 Å². The lowest BCUT2D eigenvalue weighted by Crippen LogP contribution is -2.50. The molecule has 0 N–H and O–H groups in total. The number of nitrogens with zero attached hydrogens (tertiary/aromatic N) is 1. The third-order valence-corrected chi connectivity index (χ3v) is 4.48. The standard InChI is InChI=1S/C16H20ClNO3/c17-10-12-6-2-1-5-9-18(12)16(19)15-11-20-13-7-3-4-8-14(13)21-15/h3-4,7-8,12,15H,1-2,5-6,9-11H2. The summed E-state index contributed by atoms with van der Waals surface area (Å²) in [5.41, 5.74) is 0. The minimum absolute atomic E-state index is 0.00273. The van der Waals surface area contributed by atoms with Gasteiger partial charge in [-0.2, -0.15) is 0 Å². The first-order chi connectivity index (χ1) is 10.3. The van der Waals surface area contributed by atoms with Crippen molar-refractivity contribution in [1.82, 2.24) is 4.90 Å². The Hall–Kier alpha value is -1.42. The van der Waals surface area contributed by atoms with Crippen LogP contribution in [0.1, 0.15) is 25.7 Å². The van der Waals surface area contributed by atoms with Gasteiger partial charge in [-0.1, -0.05) is 25.0 Å². The van der Waals surface area contributed by atoms with Crippen LogP contribution in [0, 0.1) is 0 Å². The molecule has 0 aromatic heterocycles. The van der Waals surface area contributed by atoms with Crippen LogP contribution in [0.5, 0.6) is 11.5 Å². The van der Waals surface area contributed by atoms with E-state index >= 15 is 0 Å². The van der Waals surface area contributed by atoms with Crippen molar-refractivity contribution < 1.29 is 14.3 Å². The second kappa shape index (κ2) is 6.56. The van der Waals surface area contributed by atoms with Crippen LogP contribution in [-0.4, -0.2) is 42.0 Å². The van der Waals surface area contributed by atoms with Crippen molar-refractivity contribution in [2.75, 3.05) is 19.0 Å². The molecule has 2 aliphatic heterocycles. The van der Waals surface area contributed by atoms with Crippen molar-refractivity contribution in [2.24, 2.45) is 0 Å². The Balaban J connectivity index is 1.73. The van der Waals surface area contributed by atoms with Crippen molar-refractivity contribution in [2.45, 2.75) is 37.8 Å². The Morgan fingerprint density at radius 2 is 2.05 bits per heavy atom. The minimum atomic E-state index is -0.566. The molecule has 1 amide bonds. The average Bonchev–Trinajstić information content (AvgIpc) is 2.79. The number of carbonyl (C=O) groups excluding carboxylic acids is 1. The van der Waals surface area contributed by atoms with E-state index < -0.39 is 6.10 Å². The Kier molecular flexibility index (Phi) is 4.54. The Bertz CT molecular complexity index is 508. The summed E-state index contributed by atoms with van der Waals surface area (Å²) >= 11 is 6.05. The lowest BCUT2D eigenvalue weighted by molar-refractivity contribution is -0.143. The number of alkyl halides is 1. The fourth-order valence-electron chi connectivity index (χ4n) is 2.95. The molecule has 2 aliphatic rings. The highest BCUT2D eigenvalue weighted by Crippen LogP contribution is 2.32. The monoisotopic (exact) mass is 309 g/mol. The zero-order chi connectivity index (χ0) is 14.7. The molecule has 1 fully saturated rings. The van der Waals surface area contributed by atoms with E-state index in [-0.39, 0.29) is 18.6 Å². The number of hydrogen-bond acceptors (Lipinski definition) is 3. The summed E-state index contributed by atoms with van der Waals surface area (Å²) < 4.78 is 11.5. The van der Waals surface area contributed by atoms with Crippen LogP contribution in [0.25, 0.3) is 0 Å². The van der Waals surface area contributed by atoms with Gasteiger partial charge in [0.05, 0.1) is 0 Å². The molecule has 2 atom stereocenters. The van der Waals surface area contributed by atoms with E-state index in [1.165, 1.54) is 0 Å². The number of rotatable bonds is 2. The number of amides is 1. The first-order valence-corrected chi connectivity index (χ1v) is 8.08. The van der Waals surface area contributed by atoms with Crippen molar-refractivity contribution in [1.29, 1.82) is 0 Å². The molecule has 0 radical (unpaired) electrons. The summed E-state index contributed by atoms with van der Waals surface area (Å²) in [7, 11) is 0. The number of carbonyl (C=O) groups is 1. The Morgan fingerprint density at radius 1 is 1.24 bits per heavy atom. The lowest BCUT2D eigenvalue weighted by Gasteiger charge is -2.34. The van der Waals surface area contributed by atoms with Crippen LogP contribution < -0.4 is 9.47 Å². The molecule has 2 unspecified atom stereocenters. The first kappa shape index (κ1) is 14.5. The number of likely N-dealkylation sites (tertiary alicyclic amines) is 1. The molecule has 0 saturated carbocycles. The zero-order valence-electron chi connectivity index (χ0n) is 12.0. The first-order valence-electron chi connectivity index (χ1n) is 7.54. The maximum atomic E-state index is 12.7. The average molecular weight is 310 g/mol. The molecule has 0 aliphatic carbocycles. The summed E-state index contributed by atoms with van der Waals surface area (Å²) in [6.07, 6.45) is 3.72. The van der Waals surface area contributed by atoms with Crippen LogP contribution in [0.2, 0.25) is 0 Å². The maximum absolute atomic E-state index is 12.7. The maximum Gasteiger partial charge on any atom is 0.267 e. The van der Waals surface area contributed by atoms with E-state index in [4.69, 9.17) is 21.1 Å². The Morgan fingerprint density at radius 3 is 2.86 bits per heavy atom. The SMILES string of the molecule is O=C(C1COc2ccccc2O1)N1CCCCCC1CCl. The normalized spacial score (nSPS) is 25.3. The molecular formula is C16H20ClNO3. The van der Waals surface area contributed by atoms with E-state index in [0.29, 0.717) is 17.4 Å². The van der Waals surface area contributed by atoms with Gasteiger partial charge in [0.2, 0.25) is 6.10 Å². The van der Waals surface area contributed by atoms with Crippen LogP contribution in [-0.2, 0) is 4.79 Å². The number of hydrogen-bond donors (Lipinski definition) is 0. The zero-order valence-corrected chi connectivity index (χ0v) is 12.7. The lowest BCUT2D eigenvalue weighted by atomic mass is 10.1. The highest BCUT2D eigenvalue weighted by molar-refractivity contribution is 6.18. The van der Waals surface area contributed by atoms with E-state index in [9.17, 15) is 4.79 Å². The second-order valence-corrected chi connectivity index (χ2v) is 5.86. The van der Waals surface area contributed by atoms with Crippen molar-refractivity contribution in [3.05, 3.63) is 24.3 Å². The summed E-state index contributed by atoms with van der Waals surface area (Å²) in [6, 6.07) is 7.56. The molecule has 21 heavy (non-hydrogen) atoms. The molecule has 0 spiro atoms. The van der Waals surface area contributed by atoms with Crippen LogP contribution in [0.4, 0.5) is 0 Å². The van der Waals surface area contributed by atoms with Crippen molar-refractivity contribution in [3.8, 4) is 11.5 Å². The predicted molar refractivity (Wildman–Crippen MR) is 81.0 cm³/mol. The number of para-hydroxylation sites is 2. The summed E-state index contributed by atoms with van der Waals surface area (Å²) in [4.78, 5) is 14.6. The third kappa shape index (κ3) is 3.10. The van der Waals surface area contributed by atoms with E-state index in [2.05, 4.69) is 0 Å². The van der Waals surface area contributed by atoms with Gasteiger partial charge in [-0.3, -0.25) is 4.79 Å². The molecule has 0 bridgehead atoms. The highest BCUT2D eigenvalue weighted by Gasteiger charge is 2.34. The van der Waals surface area contributed by atoms with Gasteiger partial charge in [-0.05, 0) is 25.0 Å². The van der Waals surface area contributed by atoms with Crippen LogP contribution in [0.3, 0.4) is 0 Å². The molecule has 4 nitrogen and oxygen atoms in total. The summed E-state index contributed by atoms with van der Waals surface area (Å²) in [5.74, 6) is 1.82. The Labute approximate surface area is 130 Å². The molecule has 1 aromatic carbocycles. The van der Waals surface area contributed by atoms with Gasteiger partial charge in [-0.15, -0.1) is 11.6 Å². The molecule has 5 heteroatoms. The number of fused-ring (bicyclic) bond motifs is 1. The summed E-state index contributed by atoms with van der Waals surface area (Å²) in [6.45, 7) is 1.03. The predicted octanol–water partition coefficient (Wildman–Crippen LogP) is 2.84. The van der Waals surface area contributed by atoms with E-state index in [0.717, 1.165) is 32.2 Å². The summed E-state index contributed by atoms with van der Waals surface area (Å²) in [5, 5.41) is 0. The third-order valence-electron chi connectivity index (χ3n) is 4.12. The minimum Gasteiger partial charge on any atom is -0.485 e. The molecule has 1 saturated heterocycles. The molecule has 114 valence electrons. The van der Waals surface area contributed by atoms with Gasteiger partial charge in [0.1, 0.15) is 6.61 Å². The molecule has 2 heterocycles. The number of benzene rings is 1. The van der Waals surface area contributed by atoms with Crippen LogP contribution >= 0.6 is 11.6 Å². The van der Waals surface area contributed by atoms with Gasteiger partial charge in [0, 0.05) is 18.5 Å². The smallest absolute Gasteiger partial charge is 0.267 e. The van der Waals surface area contributed by atoms with Gasteiger partial charge in [0.15, 0.2) is 11.5 Å². The van der Waals surface area contributed by atoms with E-state index in [1.54, 1.807) is 0 Å². The second-order valence-electron chi connectivity index (χ2n) is 5.55. The van der Waals surface area contributed by atoms with Crippen molar-refractivity contribution in [3.63, 3.8) is 0 Å². The molecule has 3 rings (SSSR count). The largest absolute Gasteiger partial charge is 0.485 e. The fraction of sp³-hybridized carbons (Fsp3) is 0.562. The number of ether oxygens (including phenoxy) is 2. The molecular weight excluding hydrogens is 290 g/mol. The van der Waals surface area contributed by atoms with Gasteiger partial charge < -0.3 is 14.4 Å². The van der Waals surface area contributed by atoms with Gasteiger partial charge in [-0.25, -0.2) is 0 Å². The van der Waals surface area contributed by atoms with Gasteiger partial charge >= 0.3 is 0 Å². The van der Waals surface area contributed by atoms with Crippen LogP contribution in [0.15, 0.2) is 24.3 Å². The molecule has 1 aromatic rings. The number of halogens is 1. The highest BCUT2D eigenvalue weighted by atomic mass is 35.5. The van der Waals surface area contributed by atoms with Gasteiger partial charge in [0.25, 0.3) is 5.91 Å². The van der Waals surface area contributed by atoms with Crippen molar-refractivity contribution >= 4 is 17.5 Å². The fourth-order valence-corrected chi connectivity index (χ4v) is 3.27. The quantitative estimate of drug-likeness (QED) is 0.789.